The lowest BCUT2D eigenvalue weighted by atomic mass is 10.1. The number of rotatable bonds is 5. The van der Waals surface area contributed by atoms with Crippen molar-refractivity contribution in [1.82, 2.24) is 14.8 Å². The maximum atomic E-state index is 14.0. The predicted octanol–water partition coefficient (Wildman–Crippen LogP) is 4.41. The van der Waals surface area contributed by atoms with Crippen LogP contribution in [-0.2, 0) is 4.74 Å². The molecule has 32 heavy (non-hydrogen) atoms. The molecular weight excluding hydrogens is 424 g/mol. The summed E-state index contributed by atoms with van der Waals surface area (Å²) in [7, 11) is 0. The lowest BCUT2D eigenvalue weighted by molar-refractivity contribution is 0.0912. The summed E-state index contributed by atoms with van der Waals surface area (Å²) in [5.74, 6) is -0.273. The van der Waals surface area contributed by atoms with Gasteiger partial charge in [-0.25, -0.2) is 9.67 Å². The second-order valence-electron chi connectivity index (χ2n) is 8.25. The maximum Gasteiger partial charge on any atom is 0.281 e. The first kappa shape index (κ1) is 20.8. The molecule has 0 spiro atoms. The van der Waals surface area contributed by atoms with Gasteiger partial charge >= 0.3 is 0 Å². The molecular formula is C24H24N4O3S. The van der Waals surface area contributed by atoms with Crippen molar-refractivity contribution in [3.63, 3.8) is 0 Å². The fraction of sp³-hybridized carbons (Fsp3) is 0.333. The van der Waals surface area contributed by atoms with E-state index in [1.165, 1.54) is 16.0 Å². The van der Waals surface area contributed by atoms with Crippen LogP contribution in [0.25, 0.3) is 21.0 Å². The maximum absolute atomic E-state index is 14.0. The van der Waals surface area contributed by atoms with Crippen LogP contribution in [0.1, 0.15) is 43.2 Å². The Morgan fingerprint density at radius 1 is 1.19 bits per heavy atom. The van der Waals surface area contributed by atoms with Crippen LogP contribution in [0.15, 0.2) is 53.3 Å². The van der Waals surface area contributed by atoms with Crippen molar-refractivity contribution in [2.45, 2.75) is 38.8 Å². The fourth-order valence-electron chi connectivity index (χ4n) is 4.06. The SMILES string of the molecule is CC(C)n1nc(C(=O)N(CC2CCCO2)c2nc3ccccc3s2)c2ccccc2c1=O. The van der Waals surface area contributed by atoms with E-state index in [0.29, 0.717) is 29.1 Å². The zero-order valence-corrected chi connectivity index (χ0v) is 18.8. The fourth-order valence-corrected chi connectivity index (χ4v) is 5.03. The Kier molecular flexibility index (Phi) is 5.48. The minimum Gasteiger partial charge on any atom is -0.376 e. The van der Waals surface area contributed by atoms with Crippen LogP contribution in [-0.4, -0.2) is 39.9 Å². The molecule has 4 aromatic rings. The molecule has 1 amide bonds. The van der Waals surface area contributed by atoms with Gasteiger partial charge in [-0.1, -0.05) is 41.7 Å². The van der Waals surface area contributed by atoms with E-state index in [1.807, 2.05) is 44.2 Å². The van der Waals surface area contributed by atoms with Crippen molar-refractivity contribution in [3.8, 4) is 0 Å². The van der Waals surface area contributed by atoms with Crippen molar-refractivity contribution >= 4 is 43.4 Å². The van der Waals surface area contributed by atoms with Gasteiger partial charge in [0.15, 0.2) is 10.8 Å². The summed E-state index contributed by atoms with van der Waals surface area (Å²) in [5, 5.41) is 6.18. The van der Waals surface area contributed by atoms with Gasteiger partial charge in [-0.15, -0.1) is 0 Å². The quantitative estimate of drug-likeness (QED) is 0.452. The van der Waals surface area contributed by atoms with Crippen molar-refractivity contribution in [1.29, 1.82) is 0 Å². The zero-order chi connectivity index (χ0) is 22.2. The van der Waals surface area contributed by atoms with E-state index in [9.17, 15) is 9.59 Å². The highest BCUT2D eigenvalue weighted by atomic mass is 32.1. The highest BCUT2D eigenvalue weighted by Crippen LogP contribution is 2.31. The summed E-state index contributed by atoms with van der Waals surface area (Å²) in [5.41, 5.74) is 0.909. The highest BCUT2D eigenvalue weighted by molar-refractivity contribution is 7.22. The standard InChI is InChI=1S/C24H24N4O3S/c1-15(2)28-22(29)18-10-4-3-9-17(18)21(26-28)23(30)27(14-16-8-7-13-31-16)24-25-19-11-5-6-12-20(19)32-24/h3-6,9-12,15-16H,7-8,13-14H2,1-2H3. The second-order valence-corrected chi connectivity index (χ2v) is 9.26. The minimum atomic E-state index is -0.273. The smallest absolute Gasteiger partial charge is 0.281 e. The van der Waals surface area contributed by atoms with E-state index >= 15 is 0 Å². The number of carbonyl (C=O) groups is 1. The summed E-state index contributed by atoms with van der Waals surface area (Å²) in [6.07, 6.45) is 1.83. The topological polar surface area (TPSA) is 77.3 Å². The predicted molar refractivity (Wildman–Crippen MR) is 127 cm³/mol. The minimum absolute atomic E-state index is 0.0479. The summed E-state index contributed by atoms with van der Waals surface area (Å²) < 4.78 is 8.24. The van der Waals surface area contributed by atoms with Gasteiger partial charge in [0.2, 0.25) is 0 Å². The molecule has 164 valence electrons. The summed E-state index contributed by atoms with van der Waals surface area (Å²) >= 11 is 1.47. The molecule has 1 aliphatic rings. The van der Waals surface area contributed by atoms with Crippen LogP contribution in [0.4, 0.5) is 5.13 Å². The number of hydrogen-bond acceptors (Lipinski definition) is 6. The number of fused-ring (bicyclic) bond motifs is 2. The average molecular weight is 449 g/mol. The van der Waals surface area contributed by atoms with Crippen molar-refractivity contribution in [2.75, 3.05) is 18.1 Å². The molecule has 3 heterocycles. The first-order valence-corrected chi connectivity index (χ1v) is 11.6. The van der Waals surface area contributed by atoms with Gasteiger partial charge in [-0.3, -0.25) is 14.5 Å². The van der Waals surface area contributed by atoms with Gasteiger partial charge in [0.05, 0.1) is 34.3 Å². The third-order valence-corrected chi connectivity index (χ3v) is 6.75. The van der Waals surface area contributed by atoms with Crippen molar-refractivity contribution in [3.05, 3.63) is 64.6 Å². The normalized spacial score (nSPS) is 16.3. The first-order valence-electron chi connectivity index (χ1n) is 10.8. The van der Waals surface area contributed by atoms with Gasteiger partial charge in [0.25, 0.3) is 11.5 Å². The van der Waals surface area contributed by atoms with Crippen LogP contribution < -0.4 is 10.5 Å². The molecule has 5 rings (SSSR count). The van der Waals surface area contributed by atoms with Gasteiger partial charge in [-0.2, -0.15) is 5.10 Å². The van der Waals surface area contributed by atoms with E-state index < -0.39 is 0 Å². The average Bonchev–Trinajstić information content (AvgIpc) is 3.47. The Morgan fingerprint density at radius 2 is 1.94 bits per heavy atom. The Labute approximate surface area is 189 Å². The number of anilines is 1. The van der Waals surface area contributed by atoms with Gasteiger partial charge in [0.1, 0.15) is 0 Å². The van der Waals surface area contributed by atoms with Crippen LogP contribution in [0.2, 0.25) is 0 Å². The number of carbonyl (C=O) groups excluding carboxylic acids is 1. The number of para-hydroxylation sites is 1. The highest BCUT2D eigenvalue weighted by Gasteiger charge is 2.30. The number of hydrogen-bond donors (Lipinski definition) is 0. The number of nitrogens with zero attached hydrogens (tertiary/aromatic N) is 4. The molecule has 1 fully saturated rings. The molecule has 1 atom stereocenters. The number of aromatic nitrogens is 3. The van der Waals surface area contributed by atoms with Crippen LogP contribution in [0, 0.1) is 0 Å². The molecule has 0 saturated carbocycles. The molecule has 7 nitrogen and oxygen atoms in total. The monoisotopic (exact) mass is 448 g/mol. The molecule has 2 aromatic heterocycles. The van der Waals surface area contributed by atoms with Gasteiger partial charge in [-0.05, 0) is 44.9 Å². The van der Waals surface area contributed by atoms with E-state index in [1.54, 1.807) is 23.1 Å². The van der Waals surface area contributed by atoms with Crippen molar-refractivity contribution in [2.24, 2.45) is 0 Å². The molecule has 1 saturated heterocycles. The van der Waals surface area contributed by atoms with E-state index in [0.717, 1.165) is 23.1 Å². The summed E-state index contributed by atoms with van der Waals surface area (Å²) in [6.45, 7) is 4.87. The van der Waals surface area contributed by atoms with Gasteiger partial charge < -0.3 is 4.74 Å². The molecule has 0 radical (unpaired) electrons. The van der Waals surface area contributed by atoms with Crippen LogP contribution >= 0.6 is 11.3 Å². The lowest BCUT2D eigenvalue weighted by Crippen LogP contribution is -2.39. The number of benzene rings is 2. The third-order valence-electron chi connectivity index (χ3n) is 5.69. The molecule has 0 aliphatic carbocycles. The molecule has 8 heteroatoms. The van der Waals surface area contributed by atoms with Crippen LogP contribution in [0.5, 0.6) is 0 Å². The Balaban J connectivity index is 1.66. The van der Waals surface area contributed by atoms with Gasteiger partial charge in [0, 0.05) is 12.0 Å². The first-order chi connectivity index (χ1) is 15.5. The largest absolute Gasteiger partial charge is 0.376 e. The van der Waals surface area contributed by atoms with E-state index in [2.05, 4.69) is 5.10 Å². The molecule has 2 aromatic carbocycles. The second kappa shape index (κ2) is 8.44. The third kappa shape index (κ3) is 3.69. The Morgan fingerprint density at radius 3 is 2.66 bits per heavy atom. The molecule has 1 unspecified atom stereocenters. The Bertz CT molecular complexity index is 1320. The number of ether oxygens (including phenoxy) is 1. The molecule has 0 bridgehead atoms. The lowest BCUT2D eigenvalue weighted by Gasteiger charge is -2.23. The number of amides is 1. The van der Waals surface area contributed by atoms with Crippen LogP contribution in [0.3, 0.4) is 0 Å². The van der Waals surface area contributed by atoms with Crippen molar-refractivity contribution < 1.29 is 9.53 Å². The number of thiazole rings is 1. The Hall–Kier alpha value is -3.10. The summed E-state index contributed by atoms with van der Waals surface area (Å²) in [6, 6.07) is 14.8. The molecule has 0 N–H and O–H groups in total. The zero-order valence-electron chi connectivity index (χ0n) is 18.0. The summed E-state index contributed by atoms with van der Waals surface area (Å²) in [4.78, 5) is 33.3. The van der Waals surface area contributed by atoms with E-state index in [-0.39, 0.29) is 29.3 Å². The molecule has 1 aliphatic heterocycles. The van der Waals surface area contributed by atoms with E-state index in [4.69, 9.17) is 9.72 Å².